The summed E-state index contributed by atoms with van der Waals surface area (Å²) in [6.45, 7) is 1.98. The van der Waals surface area contributed by atoms with E-state index in [2.05, 4.69) is 10.3 Å². The predicted molar refractivity (Wildman–Crippen MR) is 107 cm³/mol. The molecule has 0 bridgehead atoms. The third kappa shape index (κ3) is 4.51. The summed E-state index contributed by atoms with van der Waals surface area (Å²) in [5, 5.41) is 14.6. The molecule has 1 N–H and O–H groups in total. The molecule has 1 aromatic heterocycles. The lowest BCUT2D eigenvalue weighted by Crippen LogP contribution is -2.45. The zero-order chi connectivity index (χ0) is 20.8. The van der Waals surface area contributed by atoms with Gasteiger partial charge in [-0.05, 0) is 24.1 Å². The fourth-order valence-electron chi connectivity index (χ4n) is 3.26. The summed E-state index contributed by atoms with van der Waals surface area (Å²) in [6, 6.07) is 13.0. The van der Waals surface area contributed by atoms with Crippen LogP contribution in [0.3, 0.4) is 0 Å². The second-order valence-electron chi connectivity index (χ2n) is 6.80. The van der Waals surface area contributed by atoms with E-state index in [4.69, 9.17) is 0 Å². The first kappa shape index (κ1) is 20.3. The summed E-state index contributed by atoms with van der Waals surface area (Å²) in [7, 11) is 0. The number of hydrogen-bond donors (Lipinski definition) is 1. The average Bonchev–Trinajstić information content (AvgIpc) is 2.74. The number of fused-ring (bicyclic) bond motifs is 1. The van der Waals surface area contributed by atoms with Gasteiger partial charge in [0.05, 0.1) is 29.2 Å². The molecule has 0 unspecified atom stereocenters. The smallest absolute Gasteiger partial charge is 0.261 e. The van der Waals surface area contributed by atoms with Crippen LogP contribution in [0.4, 0.5) is 0 Å². The van der Waals surface area contributed by atoms with Gasteiger partial charge in [-0.3, -0.25) is 14.2 Å². The van der Waals surface area contributed by atoms with Gasteiger partial charge in [0.2, 0.25) is 5.91 Å². The fourth-order valence-corrected chi connectivity index (χ4v) is 3.26. The van der Waals surface area contributed by atoms with Crippen LogP contribution < -0.4 is 16.0 Å². The van der Waals surface area contributed by atoms with E-state index in [1.54, 1.807) is 54.6 Å². The van der Waals surface area contributed by atoms with Crippen molar-refractivity contribution in [1.82, 2.24) is 14.9 Å². The Morgan fingerprint density at radius 2 is 1.79 bits per heavy atom. The van der Waals surface area contributed by atoms with Gasteiger partial charge in [0.1, 0.15) is 6.04 Å². The van der Waals surface area contributed by atoms with Crippen LogP contribution in [0.25, 0.3) is 10.9 Å². The van der Waals surface area contributed by atoms with Crippen molar-refractivity contribution in [2.45, 2.75) is 38.3 Å². The molecule has 7 nitrogen and oxygen atoms in total. The Bertz CT molecular complexity index is 1060. The molecule has 0 aliphatic heterocycles. The normalized spacial score (nSPS) is 13.0. The van der Waals surface area contributed by atoms with Crippen molar-refractivity contribution in [2.24, 2.45) is 0 Å². The molecule has 29 heavy (non-hydrogen) atoms. The number of hydrogen-bond acceptors (Lipinski definition) is 5. The van der Waals surface area contributed by atoms with Crippen LogP contribution in [0.2, 0.25) is 0 Å². The number of aliphatic carboxylic acids is 1. The number of rotatable bonds is 8. The van der Waals surface area contributed by atoms with Crippen molar-refractivity contribution in [3.8, 4) is 0 Å². The van der Waals surface area contributed by atoms with Crippen LogP contribution in [0.1, 0.15) is 43.8 Å². The molecule has 2 atom stereocenters. The SMILES string of the molecule is CCCC[C@H](C(=O)N[C@H](C(=O)[O-])c1ccccc1)n1cnc2ccccc2c1=O. The molecule has 3 aromatic rings. The minimum Gasteiger partial charge on any atom is -0.548 e. The summed E-state index contributed by atoms with van der Waals surface area (Å²) in [5.41, 5.74) is 0.607. The lowest BCUT2D eigenvalue weighted by atomic mass is 10.0. The van der Waals surface area contributed by atoms with Gasteiger partial charge in [-0.25, -0.2) is 4.98 Å². The van der Waals surface area contributed by atoms with Crippen molar-refractivity contribution < 1.29 is 14.7 Å². The van der Waals surface area contributed by atoms with Gasteiger partial charge >= 0.3 is 0 Å². The zero-order valence-electron chi connectivity index (χ0n) is 16.1. The molecule has 0 spiro atoms. The summed E-state index contributed by atoms with van der Waals surface area (Å²) in [4.78, 5) is 41.9. The summed E-state index contributed by atoms with van der Waals surface area (Å²) < 4.78 is 1.28. The number of para-hydroxylation sites is 1. The van der Waals surface area contributed by atoms with E-state index in [0.29, 0.717) is 29.3 Å². The predicted octanol–water partition coefficient (Wildman–Crippen LogP) is 1.74. The fraction of sp³-hybridized carbons (Fsp3) is 0.273. The van der Waals surface area contributed by atoms with Gasteiger partial charge in [0, 0.05) is 0 Å². The summed E-state index contributed by atoms with van der Waals surface area (Å²) >= 11 is 0. The molecule has 150 valence electrons. The van der Waals surface area contributed by atoms with Crippen molar-refractivity contribution >= 4 is 22.8 Å². The second kappa shape index (κ2) is 9.14. The topological polar surface area (TPSA) is 104 Å². The lowest BCUT2D eigenvalue weighted by molar-refractivity contribution is -0.308. The maximum Gasteiger partial charge on any atom is 0.261 e. The minimum absolute atomic E-state index is 0.337. The van der Waals surface area contributed by atoms with E-state index >= 15 is 0 Å². The minimum atomic E-state index is -1.41. The number of nitrogens with one attached hydrogen (secondary N) is 1. The Balaban J connectivity index is 1.96. The Labute approximate surface area is 168 Å². The number of carbonyl (C=O) groups excluding carboxylic acids is 2. The Morgan fingerprint density at radius 1 is 1.10 bits per heavy atom. The van der Waals surface area contributed by atoms with Gasteiger partial charge < -0.3 is 15.2 Å². The number of unbranched alkanes of at least 4 members (excludes halogenated alkanes) is 1. The molecule has 0 aliphatic rings. The van der Waals surface area contributed by atoms with Gasteiger partial charge in [0.25, 0.3) is 5.56 Å². The number of carboxylic acids is 1. The monoisotopic (exact) mass is 392 g/mol. The highest BCUT2D eigenvalue weighted by Crippen LogP contribution is 2.18. The Morgan fingerprint density at radius 3 is 2.48 bits per heavy atom. The lowest BCUT2D eigenvalue weighted by Gasteiger charge is -2.25. The zero-order valence-corrected chi connectivity index (χ0v) is 16.1. The van der Waals surface area contributed by atoms with Gasteiger partial charge in [-0.15, -0.1) is 0 Å². The van der Waals surface area contributed by atoms with Gasteiger partial charge in [0.15, 0.2) is 0 Å². The molecular formula is C22H22N3O4-. The van der Waals surface area contributed by atoms with E-state index in [9.17, 15) is 19.5 Å². The van der Waals surface area contributed by atoms with Crippen molar-refractivity contribution in [3.63, 3.8) is 0 Å². The van der Waals surface area contributed by atoms with Crippen molar-refractivity contribution in [3.05, 3.63) is 76.8 Å². The van der Waals surface area contributed by atoms with Gasteiger partial charge in [-0.2, -0.15) is 0 Å². The van der Waals surface area contributed by atoms with E-state index < -0.39 is 24.0 Å². The van der Waals surface area contributed by atoms with E-state index in [0.717, 1.165) is 6.42 Å². The molecule has 0 radical (unpaired) electrons. The summed E-state index contributed by atoms with van der Waals surface area (Å²) in [5.74, 6) is -1.97. The molecule has 2 aromatic carbocycles. The van der Waals surface area contributed by atoms with Crippen LogP contribution in [0.5, 0.6) is 0 Å². The first-order chi connectivity index (χ1) is 14.0. The second-order valence-corrected chi connectivity index (χ2v) is 6.80. The number of carboxylic acid groups (broad SMARTS) is 1. The molecule has 0 fully saturated rings. The highest BCUT2D eigenvalue weighted by Gasteiger charge is 2.25. The third-order valence-electron chi connectivity index (χ3n) is 4.81. The maximum atomic E-state index is 13.0. The van der Waals surface area contributed by atoms with E-state index in [1.165, 1.54) is 10.9 Å². The molecule has 7 heteroatoms. The maximum absolute atomic E-state index is 13.0. The molecule has 3 rings (SSSR count). The van der Waals surface area contributed by atoms with E-state index in [1.807, 2.05) is 6.92 Å². The van der Waals surface area contributed by atoms with Crippen LogP contribution in [-0.2, 0) is 9.59 Å². The molecule has 0 saturated carbocycles. The molecular weight excluding hydrogens is 370 g/mol. The third-order valence-corrected chi connectivity index (χ3v) is 4.81. The molecule has 0 saturated heterocycles. The highest BCUT2D eigenvalue weighted by atomic mass is 16.4. The van der Waals surface area contributed by atoms with Crippen LogP contribution in [-0.4, -0.2) is 21.4 Å². The van der Waals surface area contributed by atoms with Gasteiger partial charge in [-0.1, -0.05) is 62.2 Å². The van der Waals surface area contributed by atoms with Crippen LogP contribution in [0.15, 0.2) is 65.7 Å². The Kier molecular flexibility index (Phi) is 6.39. The number of nitrogens with zero attached hydrogens (tertiary/aromatic N) is 2. The molecule has 1 amide bonds. The standard InChI is InChI=1S/C22H23N3O4/c1-2-3-13-18(25-14-23-17-12-8-7-11-16(17)21(25)27)20(26)24-19(22(28)29)15-9-5-4-6-10-15/h4-12,14,18-19H,2-3,13H2,1H3,(H,24,26)(H,28,29)/p-1/t18-,19+/m1/s1. The van der Waals surface area contributed by atoms with Crippen molar-refractivity contribution in [2.75, 3.05) is 0 Å². The first-order valence-electron chi connectivity index (χ1n) is 9.55. The van der Waals surface area contributed by atoms with Crippen molar-refractivity contribution in [1.29, 1.82) is 0 Å². The number of benzene rings is 2. The number of carbonyl (C=O) groups is 2. The molecule has 0 aliphatic carbocycles. The largest absolute Gasteiger partial charge is 0.548 e. The van der Waals surface area contributed by atoms with Crippen LogP contribution >= 0.6 is 0 Å². The molecule has 1 heterocycles. The number of aromatic nitrogens is 2. The quantitative estimate of drug-likeness (QED) is 0.629. The average molecular weight is 392 g/mol. The first-order valence-corrected chi connectivity index (χ1v) is 9.55. The number of amides is 1. The summed E-state index contributed by atoms with van der Waals surface area (Å²) in [6.07, 6.45) is 3.25. The van der Waals surface area contributed by atoms with E-state index in [-0.39, 0.29) is 5.56 Å². The van der Waals surface area contributed by atoms with Crippen LogP contribution in [0, 0.1) is 0 Å². The Hall–Kier alpha value is -3.48. The highest BCUT2D eigenvalue weighted by molar-refractivity contribution is 5.86.